The van der Waals surface area contributed by atoms with Gasteiger partial charge >= 0.3 is 0 Å². The Bertz CT molecular complexity index is 1070. The molecular formula is C27H34N4O2. The van der Waals surface area contributed by atoms with E-state index in [-0.39, 0.29) is 17.9 Å². The first-order valence-corrected chi connectivity index (χ1v) is 12.4. The van der Waals surface area contributed by atoms with Gasteiger partial charge in [-0.25, -0.2) is 9.97 Å². The number of hydrogen-bond donors (Lipinski definition) is 0. The molecular weight excluding hydrogens is 412 g/mol. The number of aromatic nitrogens is 2. The zero-order valence-electron chi connectivity index (χ0n) is 20.1. The van der Waals surface area contributed by atoms with Crippen LogP contribution >= 0.6 is 0 Å². The fourth-order valence-electron chi connectivity index (χ4n) is 6.03. The lowest BCUT2D eigenvalue weighted by atomic mass is 9.76. The number of carbonyl (C=O) groups is 2. The zero-order chi connectivity index (χ0) is 23.2. The third-order valence-electron chi connectivity index (χ3n) is 8.02. The van der Waals surface area contributed by atoms with Crippen LogP contribution in [-0.4, -0.2) is 40.3 Å². The minimum Gasteiger partial charge on any atom is -0.332 e. The standard InChI is InChI=1S/C27H34N4O2/c1-18-9-11-20(12-10-18)27(15-5-6-16-27)26(33)31-17-7-4-8-22(31)24-28-19(2)21-13-14-23(32)30(3)25(21)29-24/h9-12,22H,4-8,13-17H2,1-3H3. The quantitative estimate of drug-likeness (QED) is 0.693. The molecule has 3 heterocycles. The maximum absolute atomic E-state index is 14.3. The molecule has 6 heteroatoms. The van der Waals surface area contributed by atoms with Crippen molar-refractivity contribution in [3.63, 3.8) is 0 Å². The molecule has 3 aliphatic rings. The van der Waals surface area contributed by atoms with Crippen LogP contribution in [0.15, 0.2) is 24.3 Å². The summed E-state index contributed by atoms with van der Waals surface area (Å²) in [5.74, 6) is 1.74. The number of benzene rings is 1. The summed E-state index contributed by atoms with van der Waals surface area (Å²) in [6.07, 6.45) is 8.09. The highest BCUT2D eigenvalue weighted by Crippen LogP contribution is 2.45. The number of likely N-dealkylation sites (tertiary alicyclic amines) is 1. The smallest absolute Gasteiger partial charge is 0.233 e. The average molecular weight is 447 g/mol. The summed E-state index contributed by atoms with van der Waals surface area (Å²) >= 11 is 0. The molecule has 174 valence electrons. The van der Waals surface area contributed by atoms with Crippen LogP contribution in [0.3, 0.4) is 0 Å². The Morgan fingerprint density at radius 3 is 2.45 bits per heavy atom. The van der Waals surface area contributed by atoms with E-state index in [2.05, 4.69) is 36.1 Å². The largest absolute Gasteiger partial charge is 0.332 e. The number of carbonyl (C=O) groups excluding carboxylic acids is 2. The van der Waals surface area contributed by atoms with E-state index in [0.717, 1.165) is 74.1 Å². The fraction of sp³-hybridized carbons (Fsp3) is 0.556. The van der Waals surface area contributed by atoms with Crippen LogP contribution in [0, 0.1) is 13.8 Å². The average Bonchev–Trinajstić information content (AvgIpc) is 3.33. The molecule has 6 nitrogen and oxygen atoms in total. The second kappa shape index (κ2) is 8.54. The predicted octanol–water partition coefficient (Wildman–Crippen LogP) is 4.57. The molecule has 0 radical (unpaired) electrons. The van der Waals surface area contributed by atoms with Gasteiger partial charge in [-0.3, -0.25) is 14.5 Å². The van der Waals surface area contributed by atoms with E-state index >= 15 is 0 Å². The highest BCUT2D eigenvalue weighted by molar-refractivity contribution is 5.95. The topological polar surface area (TPSA) is 66.4 Å². The summed E-state index contributed by atoms with van der Waals surface area (Å²) in [6.45, 7) is 4.84. The van der Waals surface area contributed by atoms with Crippen molar-refractivity contribution >= 4 is 17.6 Å². The van der Waals surface area contributed by atoms with Crippen molar-refractivity contribution in [2.45, 2.75) is 83.1 Å². The molecule has 1 saturated carbocycles. The fourth-order valence-corrected chi connectivity index (χ4v) is 6.03. The SMILES string of the molecule is Cc1ccc(C2(C(=O)N3CCCCC3c3nc(C)c4c(n3)N(C)C(=O)CC4)CCCC2)cc1. The van der Waals surface area contributed by atoms with Crippen molar-refractivity contribution in [1.29, 1.82) is 0 Å². The molecule has 0 bridgehead atoms. The summed E-state index contributed by atoms with van der Waals surface area (Å²) in [5.41, 5.74) is 3.90. The maximum atomic E-state index is 14.3. The molecule has 1 saturated heterocycles. The van der Waals surface area contributed by atoms with Crippen LogP contribution in [0.1, 0.15) is 85.6 Å². The van der Waals surface area contributed by atoms with Crippen molar-refractivity contribution in [2.75, 3.05) is 18.5 Å². The van der Waals surface area contributed by atoms with E-state index < -0.39 is 5.41 Å². The van der Waals surface area contributed by atoms with Gasteiger partial charge in [0.15, 0.2) is 5.82 Å². The van der Waals surface area contributed by atoms with Gasteiger partial charge < -0.3 is 4.90 Å². The lowest BCUT2D eigenvalue weighted by Crippen LogP contribution is -2.49. The van der Waals surface area contributed by atoms with E-state index in [4.69, 9.17) is 9.97 Å². The maximum Gasteiger partial charge on any atom is 0.233 e. The van der Waals surface area contributed by atoms with Crippen LogP contribution in [0.25, 0.3) is 0 Å². The number of anilines is 1. The van der Waals surface area contributed by atoms with Gasteiger partial charge in [-0.05, 0) is 57.9 Å². The molecule has 1 unspecified atom stereocenters. The van der Waals surface area contributed by atoms with Crippen LogP contribution in [0.5, 0.6) is 0 Å². The molecule has 1 atom stereocenters. The normalized spacial score (nSPS) is 22.4. The van der Waals surface area contributed by atoms with Crippen molar-refractivity contribution in [1.82, 2.24) is 14.9 Å². The van der Waals surface area contributed by atoms with Gasteiger partial charge in [0.1, 0.15) is 5.82 Å². The molecule has 2 amide bonds. The minimum absolute atomic E-state index is 0.0902. The zero-order valence-corrected chi connectivity index (χ0v) is 20.1. The van der Waals surface area contributed by atoms with Crippen LogP contribution in [-0.2, 0) is 21.4 Å². The third-order valence-corrected chi connectivity index (χ3v) is 8.02. The second-order valence-corrected chi connectivity index (χ2v) is 10.1. The number of fused-ring (bicyclic) bond motifs is 1. The molecule has 5 rings (SSSR count). The Morgan fingerprint density at radius 1 is 1.00 bits per heavy atom. The van der Waals surface area contributed by atoms with E-state index in [1.54, 1.807) is 11.9 Å². The summed E-state index contributed by atoms with van der Waals surface area (Å²) in [4.78, 5) is 40.1. The van der Waals surface area contributed by atoms with E-state index in [1.807, 2.05) is 6.92 Å². The third kappa shape index (κ3) is 3.73. The van der Waals surface area contributed by atoms with Crippen molar-refractivity contribution in [3.05, 3.63) is 52.5 Å². The highest BCUT2D eigenvalue weighted by Gasteiger charge is 2.47. The Balaban J connectivity index is 1.53. The number of aryl methyl sites for hydroxylation is 2. The van der Waals surface area contributed by atoms with Crippen molar-refractivity contribution < 1.29 is 9.59 Å². The number of rotatable bonds is 3. The molecule has 0 spiro atoms. The summed E-state index contributed by atoms with van der Waals surface area (Å²) in [5, 5.41) is 0. The van der Waals surface area contributed by atoms with Crippen LogP contribution in [0.4, 0.5) is 5.82 Å². The molecule has 0 N–H and O–H groups in total. The Morgan fingerprint density at radius 2 is 1.73 bits per heavy atom. The molecule has 2 fully saturated rings. The predicted molar refractivity (Wildman–Crippen MR) is 128 cm³/mol. The highest BCUT2D eigenvalue weighted by atomic mass is 16.2. The van der Waals surface area contributed by atoms with Gasteiger partial charge in [0.2, 0.25) is 11.8 Å². The van der Waals surface area contributed by atoms with Crippen LogP contribution < -0.4 is 4.90 Å². The van der Waals surface area contributed by atoms with Crippen molar-refractivity contribution in [3.8, 4) is 0 Å². The molecule has 2 aromatic rings. The van der Waals surface area contributed by atoms with Gasteiger partial charge in [-0.1, -0.05) is 42.7 Å². The second-order valence-electron chi connectivity index (χ2n) is 10.1. The summed E-state index contributed by atoms with van der Waals surface area (Å²) in [7, 11) is 1.80. The van der Waals surface area contributed by atoms with Crippen molar-refractivity contribution in [2.24, 2.45) is 0 Å². The van der Waals surface area contributed by atoms with Crippen LogP contribution in [0.2, 0.25) is 0 Å². The Hall–Kier alpha value is -2.76. The molecule has 1 aromatic carbocycles. The first kappa shape index (κ1) is 22.1. The first-order chi connectivity index (χ1) is 15.9. The minimum atomic E-state index is -0.445. The first-order valence-electron chi connectivity index (χ1n) is 12.4. The monoisotopic (exact) mass is 446 g/mol. The molecule has 1 aliphatic carbocycles. The molecule has 33 heavy (non-hydrogen) atoms. The van der Waals surface area contributed by atoms with Gasteiger partial charge in [0.25, 0.3) is 0 Å². The van der Waals surface area contributed by atoms with Gasteiger partial charge in [-0.2, -0.15) is 0 Å². The Labute approximate surface area is 196 Å². The van der Waals surface area contributed by atoms with Gasteiger partial charge in [0, 0.05) is 31.3 Å². The number of amides is 2. The van der Waals surface area contributed by atoms with Gasteiger partial charge in [0.05, 0.1) is 11.5 Å². The molecule has 2 aliphatic heterocycles. The van der Waals surface area contributed by atoms with E-state index in [1.165, 1.54) is 5.56 Å². The number of nitrogens with zero attached hydrogens (tertiary/aromatic N) is 4. The molecule has 1 aromatic heterocycles. The Kier molecular flexibility index (Phi) is 5.71. The summed E-state index contributed by atoms with van der Waals surface area (Å²) < 4.78 is 0. The van der Waals surface area contributed by atoms with E-state index in [0.29, 0.717) is 18.7 Å². The summed E-state index contributed by atoms with van der Waals surface area (Å²) in [6, 6.07) is 8.41. The lowest BCUT2D eigenvalue weighted by molar-refractivity contribution is -0.141. The lowest BCUT2D eigenvalue weighted by Gasteiger charge is -2.41. The van der Waals surface area contributed by atoms with E-state index in [9.17, 15) is 9.59 Å². The number of piperidine rings is 1. The van der Waals surface area contributed by atoms with Gasteiger partial charge in [-0.15, -0.1) is 0 Å². The number of hydrogen-bond acceptors (Lipinski definition) is 4.